The van der Waals surface area contributed by atoms with Crippen molar-refractivity contribution < 1.29 is 9.59 Å². The number of benzene rings is 1. The number of carbonyl (C=O) groups is 2. The number of piperidine rings is 1. The van der Waals surface area contributed by atoms with Crippen LogP contribution in [0.1, 0.15) is 30.1 Å². The standard InChI is InChI=1S/C20H27N3O2.ClH/c1-4-12-23(13-5-2)20(25)16-6-8-18(9-7-16)22-19(24)17-10-11-21-15(3)14-17;/h4-9,15,17,21H,1-2,10-14H2,3H3,(H,22,24);1H/t15-,17-;/m0./s1. The fourth-order valence-corrected chi connectivity index (χ4v) is 3.05. The Morgan fingerprint density at radius 1 is 1.23 bits per heavy atom. The highest BCUT2D eigenvalue weighted by Gasteiger charge is 2.24. The van der Waals surface area contributed by atoms with Gasteiger partial charge in [0.25, 0.3) is 5.91 Å². The minimum absolute atomic E-state index is 0. The molecule has 2 N–H and O–H groups in total. The van der Waals surface area contributed by atoms with Crippen molar-refractivity contribution in [2.75, 3.05) is 25.0 Å². The number of hydrogen-bond acceptors (Lipinski definition) is 3. The van der Waals surface area contributed by atoms with E-state index in [1.807, 2.05) is 0 Å². The Morgan fingerprint density at radius 2 is 1.85 bits per heavy atom. The molecule has 142 valence electrons. The van der Waals surface area contributed by atoms with Gasteiger partial charge in [-0.15, -0.1) is 25.6 Å². The third kappa shape index (κ3) is 6.00. The minimum atomic E-state index is -0.0788. The average Bonchev–Trinajstić information content (AvgIpc) is 2.61. The Kier molecular flexibility index (Phi) is 9.10. The fourth-order valence-electron chi connectivity index (χ4n) is 3.05. The average molecular weight is 378 g/mol. The molecule has 0 unspecified atom stereocenters. The van der Waals surface area contributed by atoms with Crippen LogP contribution in [0.15, 0.2) is 49.6 Å². The molecule has 0 saturated carbocycles. The Hall–Kier alpha value is -2.11. The number of hydrogen-bond donors (Lipinski definition) is 2. The van der Waals surface area contributed by atoms with Crippen molar-refractivity contribution in [2.45, 2.75) is 25.8 Å². The second kappa shape index (κ2) is 10.8. The molecule has 1 saturated heterocycles. The molecule has 1 aliphatic rings. The first-order chi connectivity index (χ1) is 12.0. The van der Waals surface area contributed by atoms with Gasteiger partial charge in [0.15, 0.2) is 0 Å². The molecule has 1 aromatic carbocycles. The lowest BCUT2D eigenvalue weighted by molar-refractivity contribution is -0.120. The van der Waals surface area contributed by atoms with Gasteiger partial charge >= 0.3 is 0 Å². The summed E-state index contributed by atoms with van der Waals surface area (Å²) in [7, 11) is 0. The maximum absolute atomic E-state index is 12.5. The first-order valence-electron chi connectivity index (χ1n) is 8.70. The molecule has 1 heterocycles. The summed E-state index contributed by atoms with van der Waals surface area (Å²) in [6, 6.07) is 7.39. The van der Waals surface area contributed by atoms with Crippen LogP contribution in [0.4, 0.5) is 5.69 Å². The number of nitrogens with one attached hydrogen (secondary N) is 2. The van der Waals surface area contributed by atoms with E-state index in [1.54, 1.807) is 41.3 Å². The Morgan fingerprint density at radius 3 is 2.38 bits per heavy atom. The van der Waals surface area contributed by atoms with Crippen LogP contribution >= 0.6 is 12.4 Å². The quantitative estimate of drug-likeness (QED) is 0.717. The van der Waals surface area contributed by atoms with Gasteiger partial charge < -0.3 is 15.5 Å². The van der Waals surface area contributed by atoms with E-state index in [2.05, 4.69) is 30.7 Å². The molecule has 0 aromatic heterocycles. The summed E-state index contributed by atoms with van der Waals surface area (Å²) in [4.78, 5) is 26.5. The zero-order valence-electron chi connectivity index (χ0n) is 15.2. The van der Waals surface area contributed by atoms with Crippen LogP contribution in [0.5, 0.6) is 0 Å². The number of nitrogens with zero attached hydrogens (tertiary/aromatic N) is 1. The Balaban J connectivity index is 0.00000338. The van der Waals surface area contributed by atoms with Gasteiger partial charge in [0, 0.05) is 36.3 Å². The zero-order chi connectivity index (χ0) is 18.2. The first kappa shape index (κ1) is 21.9. The monoisotopic (exact) mass is 377 g/mol. The van der Waals surface area contributed by atoms with Crippen molar-refractivity contribution in [1.82, 2.24) is 10.2 Å². The summed E-state index contributed by atoms with van der Waals surface area (Å²) >= 11 is 0. The highest BCUT2D eigenvalue weighted by atomic mass is 35.5. The van der Waals surface area contributed by atoms with Crippen LogP contribution in [0.3, 0.4) is 0 Å². The van der Waals surface area contributed by atoms with Crippen LogP contribution in [0.25, 0.3) is 0 Å². The van der Waals surface area contributed by atoms with Crippen LogP contribution in [-0.2, 0) is 4.79 Å². The summed E-state index contributed by atoms with van der Waals surface area (Å²) in [5.74, 6) is 0.00505. The molecule has 0 spiro atoms. The molecule has 0 aliphatic carbocycles. The van der Waals surface area contributed by atoms with E-state index >= 15 is 0 Å². The van der Waals surface area contributed by atoms with Gasteiger partial charge in [-0.25, -0.2) is 0 Å². The lowest BCUT2D eigenvalue weighted by Crippen LogP contribution is -2.40. The maximum Gasteiger partial charge on any atom is 0.254 e. The van der Waals surface area contributed by atoms with E-state index in [0.29, 0.717) is 30.4 Å². The van der Waals surface area contributed by atoms with Crippen LogP contribution in [0.2, 0.25) is 0 Å². The summed E-state index contributed by atoms with van der Waals surface area (Å²) in [6.45, 7) is 11.3. The smallest absolute Gasteiger partial charge is 0.254 e. The SMILES string of the molecule is C=CCN(CC=C)C(=O)c1ccc(NC(=O)[C@H]2CCN[C@@H](C)C2)cc1.Cl. The zero-order valence-corrected chi connectivity index (χ0v) is 16.1. The summed E-state index contributed by atoms with van der Waals surface area (Å²) in [5.41, 5.74) is 1.30. The topological polar surface area (TPSA) is 61.4 Å². The van der Waals surface area contributed by atoms with Crippen molar-refractivity contribution in [1.29, 1.82) is 0 Å². The van der Waals surface area contributed by atoms with Gasteiger partial charge in [0.1, 0.15) is 0 Å². The normalized spacial score (nSPS) is 19.0. The molecule has 1 aromatic rings. The highest BCUT2D eigenvalue weighted by molar-refractivity contribution is 5.96. The Bertz CT molecular complexity index is 620. The van der Waals surface area contributed by atoms with Crippen LogP contribution in [-0.4, -0.2) is 42.4 Å². The molecular weight excluding hydrogens is 350 g/mol. The molecule has 2 amide bonds. The molecule has 2 atom stereocenters. The molecule has 0 radical (unpaired) electrons. The summed E-state index contributed by atoms with van der Waals surface area (Å²) in [5, 5.41) is 6.30. The number of carbonyl (C=O) groups excluding carboxylic acids is 2. The van der Waals surface area contributed by atoms with Crippen molar-refractivity contribution >= 4 is 29.9 Å². The van der Waals surface area contributed by atoms with Crippen LogP contribution in [0, 0.1) is 5.92 Å². The summed E-state index contributed by atoms with van der Waals surface area (Å²) < 4.78 is 0. The van der Waals surface area contributed by atoms with Gasteiger partial charge in [-0.1, -0.05) is 12.2 Å². The highest BCUT2D eigenvalue weighted by Crippen LogP contribution is 2.19. The van der Waals surface area contributed by atoms with Gasteiger partial charge in [0.05, 0.1) is 0 Å². The lowest BCUT2D eigenvalue weighted by atomic mass is 9.92. The molecule has 0 bridgehead atoms. The predicted molar refractivity (Wildman–Crippen MR) is 109 cm³/mol. The molecule has 2 rings (SSSR count). The molecular formula is C20H28ClN3O2. The van der Waals surface area contributed by atoms with Gasteiger partial charge in [0.2, 0.25) is 5.91 Å². The van der Waals surface area contributed by atoms with E-state index in [0.717, 1.165) is 19.4 Å². The van der Waals surface area contributed by atoms with Gasteiger partial charge in [-0.05, 0) is 50.6 Å². The van der Waals surface area contributed by atoms with E-state index in [4.69, 9.17) is 0 Å². The number of amides is 2. The van der Waals surface area contributed by atoms with Gasteiger partial charge in [-0.2, -0.15) is 0 Å². The predicted octanol–water partition coefficient (Wildman–Crippen LogP) is 3.25. The van der Waals surface area contributed by atoms with Crippen molar-refractivity contribution in [3.05, 3.63) is 55.1 Å². The second-order valence-electron chi connectivity index (χ2n) is 6.43. The third-order valence-electron chi connectivity index (χ3n) is 4.38. The van der Waals surface area contributed by atoms with E-state index in [9.17, 15) is 9.59 Å². The van der Waals surface area contributed by atoms with E-state index in [1.165, 1.54) is 0 Å². The number of halogens is 1. The van der Waals surface area contributed by atoms with E-state index in [-0.39, 0.29) is 30.1 Å². The third-order valence-corrected chi connectivity index (χ3v) is 4.38. The van der Waals surface area contributed by atoms with Gasteiger partial charge in [-0.3, -0.25) is 9.59 Å². The minimum Gasteiger partial charge on any atom is -0.331 e. The summed E-state index contributed by atoms with van der Waals surface area (Å²) in [6.07, 6.45) is 5.08. The number of rotatable bonds is 7. The molecule has 1 fully saturated rings. The van der Waals surface area contributed by atoms with Crippen molar-refractivity contribution in [2.24, 2.45) is 5.92 Å². The first-order valence-corrected chi connectivity index (χ1v) is 8.70. The molecule has 26 heavy (non-hydrogen) atoms. The van der Waals surface area contributed by atoms with E-state index < -0.39 is 0 Å². The fraction of sp³-hybridized carbons (Fsp3) is 0.400. The Labute approximate surface area is 161 Å². The largest absolute Gasteiger partial charge is 0.331 e. The molecule has 5 nitrogen and oxygen atoms in total. The molecule has 6 heteroatoms. The van der Waals surface area contributed by atoms with Crippen molar-refractivity contribution in [3.63, 3.8) is 0 Å². The lowest BCUT2D eigenvalue weighted by Gasteiger charge is -2.27. The second-order valence-corrected chi connectivity index (χ2v) is 6.43. The van der Waals surface area contributed by atoms with Crippen LogP contribution < -0.4 is 10.6 Å². The maximum atomic E-state index is 12.5. The number of anilines is 1. The molecule has 1 aliphatic heterocycles. The van der Waals surface area contributed by atoms with Crippen molar-refractivity contribution in [3.8, 4) is 0 Å².